The number of carbonyl (C=O) groups excluding carboxylic acids is 2. The quantitative estimate of drug-likeness (QED) is 0.606. The van der Waals surface area contributed by atoms with Crippen LogP contribution in [0.2, 0.25) is 0 Å². The van der Waals surface area contributed by atoms with Crippen LogP contribution in [0, 0.1) is 5.92 Å². The molecule has 1 aliphatic rings. The Labute approximate surface area is 200 Å². The van der Waals surface area contributed by atoms with E-state index in [-0.39, 0.29) is 24.1 Å². The normalized spacial score (nSPS) is 19.1. The van der Waals surface area contributed by atoms with E-state index in [9.17, 15) is 9.59 Å². The number of aromatic nitrogens is 1. The van der Waals surface area contributed by atoms with E-state index >= 15 is 0 Å². The molecule has 2 aromatic rings. The van der Waals surface area contributed by atoms with Gasteiger partial charge in [-0.05, 0) is 45.6 Å². The predicted octanol–water partition coefficient (Wildman–Crippen LogP) is 4.59. The number of nitrogens with zero attached hydrogens (tertiary/aromatic N) is 2. The summed E-state index contributed by atoms with van der Waals surface area (Å²) in [7, 11) is 1.60. The summed E-state index contributed by atoms with van der Waals surface area (Å²) < 4.78 is 11.4. The van der Waals surface area contributed by atoms with Crippen molar-refractivity contribution in [2.24, 2.45) is 5.92 Å². The molecule has 0 spiro atoms. The van der Waals surface area contributed by atoms with Gasteiger partial charge in [0.05, 0.1) is 24.1 Å². The first kappa shape index (κ1) is 25.2. The van der Waals surface area contributed by atoms with E-state index in [1.54, 1.807) is 18.2 Å². The maximum absolute atomic E-state index is 13.4. The largest absolute Gasteiger partial charge is 0.444 e. The number of ether oxygens (including phenoxy) is 2. The number of likely N-dealkylation sites (tertiary alicyclic amines) is 1. The van der Waals surface area contributed by atoms with Crippen molar-refractivity contribution >= 4 is 23.3 Å². The van der Waals surface area contributed by atoms with Crippen molar-refractivity contribution in [1.82, 2.24) is 15.2 Å². The van der Waals surface area contributed by atoms with Crippen molar-refractivity contribution in [1.29, 1.82) is 0 Å². The molecule has 1 aromatic heterocycles. The Hall–Kier alpha value is -2.45. The van der Waals surface area contributed by atoms with Gasteiger partial charge in [0.25, 0.3) is 0 Å². The third kappa shape index (κ3) is 6.77. The number of amides is 2. The number of carbonyl (C=O) groups is 2. The fraction of sp³-hybridized carbons (Fsp3) is 0.560. The van der Waals surface area contributed by atoms with Crippen LogP contribution < -0.4 is 5.32 Å². The van der Waals surface area contributed by atoms with Crippen LogP contribution >= 0.6 is 11.3 Å². The number of nitrogens with one attached hydrogen (secondary N) is 1. The van der Waals surface area contributed by atoms with Crippen molar-refractivity contribution in [3.05, 3.63) is 52.5 Å². The lowest BCUT2D eigenvalue weighted by atomic mass is 9.94. The molecule has 1 aromatic carbocycles. The summed E-state index contributed by atoms with van der Waals surface area (Å²) in [5.74, 6) is -0.574. The fourth-order valence-electron chi connectivity index (χ4n) is 4.28. The average molecular weight is 474 g/mol. The molecular weight excluding hydrogens is 438 g/mol. The molecule has 0 radical (unpaired) electrons. The topological polar surface area (TPSA) is 80.8 Å². The van der Waals surface area contributed by atoms with Crippen molar-refractivity contribution in [2.75, 3.05) is 13.7 Å². The Morgan fingerprint density at radius 2 is 2.00 bits per heavy atom. The second-order valence-corrected chi connectivity index (χ2v) is 10.4. The number of hydrogen-bond acceptors (Lipinski definition) is 6. The zero-order chi connectivity index (χ0) is 24.0. The third-order valence-corrected chi connectivity index (χ3v) is 6.72. The predicted molar refractivity (Wildman–Crippen MR) is 129 cm³/mol. The van der Waals surface area contributed by atoms with Gasteiger partial charge in [-0.15, -0.1) is 11.3 Å². The Balaban J connectivity index is 1.72. The molecule has 180 valence electrons. The van der Waals surface area contributed by atoms with Gasteiger partial charge in [0.1, 0.15) is 10.6 Å². The Bertz CT molecular complexity index is 898. The van der Waals surface area contributed by atoms with Crippen molar-refractivity contribution in [3.63, 3.8) is 0 Å². The summed E-state index contributed by atoms with van der Waals surface area (Å²) in [4.78, 5) is 32.3. The lowest BCUT2D eigenvalue weighted by Gasteiger charge is -2.35. The Kier molecular flexibility index (Phi) is 8.48. The lowest BCUT2D eigenvalue weighted by molar-refractivity contribution is -0.131. The standard InChI is InChI=1S/C25H35N3O4S/c1-17(21(31-5)20-12-9-14-28(20)24(30)32-25(2,3)4)22(29)27-19(23-26-13-15-33-23)16-18-10-7-6-8-11-18/h6-8,10-11,13,15,17,19-21H,9,12,14,16H2,1-5H3,(H,27,29)/t17?,19?,20-,21+/m0/s1. The highest BCUT2D eigenvalue weighted by Gasteiger charge is 2.41. The van der Waals surface area contributed by atoms with Gasteiger partial charge < -0.3 is 19.7 Å². The summed E-state index contributed by atoms with van der Waals surface area (Å²) in [6.45, 7) is 8.02. The first-order valence-corrected chi connectivity index (χ1v) is 12.3. The van der Waals surface area contributed by atoms with Crippen molar-refractivity contribution in [2.45, 2.75) is 70.7 Å². The minimum atomic E-state index is -0.575. The summed E-state index contributed by atoms with van der Waals surface area (Å²) in [6, 6.07) is 9.61. The van der Waals surface area contributed by atoms with Gasteiger partial charge >= 0.3 is 6.09 Å². The SMILES string of the molecule is CO[C@H](C(C)C(=O)NC(Cc1ccccc1)c1nccs1)[C@@H]1CCCN1C(=O)OC(C)(C)C. The zero-order valence-corrected chi connectivity index (χ0v) is 20.9. The van der Waals surface area contributed by atoms with Gasteiger partial charge in [0.2, 0.25) is 5.91 Å². The van der Waals surface area contributed by atoms with E-state index in [4.69, 9.17) is 9.47 Å². The molecule has 1 N–H and O–H groups in total. The number of hydrogen-bond donors (Lipinski definition) is 1. The van der Waals surface area contributed by atoms with E-state index in [1.165, 1.54) is 11.3 Å². The average Bonchev–Trinajstić information content (AvgIpc) is 3.46. The highest BCUT2D eigenvalue weighted by molar-refractivity contribution is 7.09. The van der Waals surface area contributed by atoms with Gasteiger partial charge in [0, 0.05) is 25.2 Å². The molecule has 2 heterocycles. The summed E-state index contributed by atoms with van der Waals surface area (Å²) in [5.41, 5.74) is 0.551. The second-order valence-electron chi connectivity index (χ2n) is 9.49. The van der Waals surface area contributed by atoms with Crippen LogP contribution in [0.5, 0.6) is 0 Å². The Morgan fingerprint density at radius 1 is 1.27 bits per heavy atom. The number of methoxy groups -OCH3 is 1. The first-order chi connectivity index (χ1) is 15.7. The summed E-state index contributed by atoms with van der Waals surface area (Å²) >= 11 is 1.53. The lowest BCUT2D eigenvalue weighted by Crippen LogP contribution is -2.51. The van der Waals surface area contributed by atoms with Crippen molar-refractivity contribution < 1.29 is 19.1 Å². The molecule has 33 heavy (non-hydrogen) atoms. The van der Waals surface area contributed by atoms with E-state index in [2.05, 4.69) is 10.3 Å². The van der Waals surface area contributed by atoms with Crippen LogP contribution in [-0.4, -0.2) is 53.3 Å². The van der Waals surface area contributed by atoms with Gasteiger partial charge in [-0.1, -0.05) is 37.3 Å². The molecule has 0 aliphatic carbocycles. The molecule has 1 aliphatic heterocycles. The minimum Gasteiger partial charge on any atom is -0.444 e. The van der Waals surface area contributed by atoms with Gasteiger partial charge in [0.15, 0.2) is 0 Å². The molecule has 7 nitrogen and oxygen atoms in total. The van der Waals surface area contributed by atoms with Crippen LogP contribution in [0.25, 0.3) is 0 Å². The smallest absolute Gasteiger partial charge is 0.410 e. The van der Waals surface area contributed by atoms with E-state index in [0.29, 0.717) is 13.0 Å². The second kappa shape index (κ2) is 11.1. The highest BCUT2D eigenvalue weighted by Crippen LogP contribution is 2.29. The number of benzene rings is 1. The van der Waals surface area contributed by atoms with Crippen molar-refractivity contribution in [3.8, 4) is 0 Å². The minimum absolute atomic E-state index is 0.117. The van der Waals surface area contributed by atoms with Crippen LogP contribution in [0.1, 0.15) is 57.1 Å². The summed E-state index contributed by atoms with van der Waals surface area (Å²) in [5, 5.41) is 5.96. The maximum Gasteiger partial charge on any atom is 0.410 e. The monoisotopic (exact) mass is 473 g/mol. The fourth-order valence-corrected chi connectivity index (χ4v) is 4.97. The molecule has 3 rings (SSSR count). The molecule has 1 fully saturated rings. The number of rotatable bonds is 8. The molecule has 1 saturated heterocycles. The summed E-state index contributed by atoms with van der Waals surface area (Å²) in [6.07, 6.45) is 3.24. The van der Waals surface area contributed by atoms with Gasteiger partial charge in [-0.2, -0.15) is 0 Å². The van der Waals surface area contributed by atoms with Crippen LogP contribution in [-0.2, 0) is 20.7 Å². The van der Waals surface area contributed by atoms with Gasteiger partial charge in [-0.3, -0.25) is 4.79 Å². The van der Waals surface area contributed by atoms with Gasteiger partial charge in [-0.25, -0.2) is 9.78 Å². The Morgan fingerprint density at radius 3 is 2.61 bits per heavy atom. The first-order valence-electron chi connectivity index (χ1n) is 11.5. The molecule has 0 saturated carbocycles. The molecule has 2 amide bonds. The third-order valence-electron chi connectivity index (χ3n) is 5.83. The molecular formula is C25H35N3O4S. The van der Waals surface area contributed by atoms with E-state index in [1.807, 2.05) is 63.4 Å². The van der Waals surface area contributed by atoms with Crippen LogP contribution in [0.3, 0.4) is 0 Å². The van der Waals surface area contributed by atoms with E-state index in [0.717, 1.165) is 23.4 Å². The zero-order valence-electron chi connectivity index (χ0n) is 20.1. The molecule has 0 bridgehead atoms. The van der Waals surface area contributed by atoms with Crippen LogP contribution in [0.4, 0.5) is 4.79 Å². The van der Waals surface area contributed by atoms with E-state index < -0.39 is 17.6 Å². The molecule has 8 heteroatoms. The molecule has 2 unspecified atom stereocenters. The highest BCUT2D eigenvalue weighted by atomic mass is 32.1. The number of thiazole rings is 1. The maximum atomic E-state index is 13.4. The molecule has 4 atom stereocenters. The van der Waals surface area contributed by atoms with Crippen LogP contribution in [0.15, 0.2) is 41.9 Å².